The summed E-state index contributed by atoms with van der Waals surface area (Å²) in [5, 5.41) is 21.2. The number of aliphatic carboxylic acids is 1. The van der Waals surface area contributed by atoms with Gasteiger partial charge in [0.15, 0.2) is 0 Å². The van der Waals surface area contributed by atoms with Crippen molar-refractivity contribution in [2.45, 2.75) is 25.7 Å². The highest BCUT2D eigenvalue weighted by molar-refractivity contribution is 5.81. The summed E-state index contributed by atoms with van der Waals surface area (Å²) in [6.45, 7) is 20.7. The second kappa shape index (κ2) is 84.0. The van der Waals surface area contributed by atoms with Gasteiger partial charge in [0.1, 0.15) is 11.6 Å². The van der Waals surface area contributed by atoms with Crippen LogP contribution >= 0.6 is 0 Å². The number of hydrogen-bond acceptors (Lipinski definition) is 36. The Hall–Kier alpha value is -4.47. The standard InChI is InChI=1S/C72H151N19O22/c73-5-33-102-47-17-85(18-48-103-34-6-74)59-66(92)3-1-31-100-45-21-87(27-55-110-41-13-81-70(96)63-89(23-51-106-37-9-77)24-52-107-38-10-78)61-68(94)83-15-43-112-57-29-91(65-72(98)99)30-58-113-44-16-84-69(95)62-88(22-46-101-32-2-4-67(93)60-86(19-49-104-35-7-75)20-50-105-36-8-76)28-56-111-42-14-82-71(97)64-90(25-53-108-39-11-79)26-54-109-40-12-80/h1-65,73-80H2,(H,81,96)(H,82,97)(H,83,94)(H,84,95)(H,98,99). The lowest BCUT2D eigenvalue weighted by Crippen LogP contribution is -2.42. The molecule has 0 aromatic carbocycles. The number of amides is 4. The number of carbonyl (C=O) groups excluding carboxylic acids is 6. The monoisotopic (exact) mass is 1630 g/mol. The number of carboxylic acids is 1. The van der Waals surface area contributed by atoms with Crippen LogP contribution in [0.25, 0.3) is 0 Å². The van der Waals surface area contributed by atoms with E-state index in [1.165, 1.54) is 0 Å². The number of hydrogen-bond donors (Lipinski definition) is 13. The maximum atomic E-state index is 13.3. The number of ketones is 2. The van der Waals surface area contributed by atoms with Crippen LogP contribution < -0.4 is 67.1 Å². The fourth-order valence-electron chi connectivity index (χ4n) is 10.4. The molecule has 0 aromatic heterocycles. The first-order chi connectivity index (χ1) is 55.2. The van der Waals surface area contributed by atoms with Crippen LogP contribution in [-0.2, 0) is 99.9 Å². The minimum Gasteiger partial charge on any atom is -0.480 e. The van der Waals surface area contributed by atoms with Crippen LogP contribution in [0.2, 0.25) is 0 Å². The zero-order valence-corrected chi connectivity index (χ0v) is 68.2. The van der Waals surface area contributed by atoms with Gasteiger partial charge in [-0.1, -0.05) is 0 Å². The van der Waals surface area contributed by atoms with Gasteiger partial charge in [0.05, 0.1) is 218 Å². The third-order valence-corrected chi connectivity index (χ3v) is 16.2. The van der Waals surface area contributed by atoms with E-state index in [1.807, 2.05) is 29.4 Å². The molecule has 0 aliphatic carbocycles. The van der Waals surface area contributed by atoms with Crippen LogP contribution in [0.1, 0.15) is 25.7 Å². The van der Waals surface area contributed by atoms with E-state index < -0.39 is 5.97 Å². The Bertz CT molecular complexity index is 1930. The molecule has 41 heteroatoms. The molecule has 0 aromatic rings. The minimum absolute atomic E-state index is 0.0185. The van der Waals surface area contributed by atoms with Gasteiger partial charge in [0.25, 0.3) is 0 Å². The molecule has 0 aliphatic rings. The van der Waals surface area contributed by atoms with Gasteiger partial charge in [-0.25, -0.2) is 0 Å². The normalized spacial score (nSPS) is 11.8. The third-order valence-electron chi connectivity index (χ3n) is 16.2. The van der Waals surface area contributed by atoms with Crippen molar-refractivity contribution in [3.63, 3.8) is 0 Å². The number of ether oxygens (including phenoxy) is 14. The molecular weight excluding hydrogens is 1480 g/mol. The smallest absolute Gasteiger partial charge is 0.317 e. The molecule has 4 amide bonds. The topological polar surface area (TPSA) is 548 Å². The minimum atomic E-state index is -1.03. The molecule has 0 rings (SSSR count). The van der Waals surface area contributed by atoms with E-state index >= 15 is 0 Å². The van der Waals surface area contributed by atoms with E-state index in [1.54, 1.807) is 4.90 Å². The van der Waals surface area contributed by atoms with Crippen LogP contribution in [0.5, 0.6) is 0 Å². The van der Waals surface area contributed by atoms with Crippen molar-refractivity contribution in [1.29, 1.82) is 0 Å². The molecule has 0 aliphatic heterocycles. The summed E-state index contributed by atoms with van der Waals surface area (Å²) in [5.74, 6) is -1.81. The zero-order valence-electron chi connectivity index (χ0n) is 68.2. The van der Waals surface area contributed by atoms with Crippen molar-refractivity contribution >= 4 is 41.2 Å². The summed E-state index contributed by atoms with van der Waals surface area (Å²) in [4.78, 5) is 103. The number of carbonyl (C=O) groups is 7. The van der Waals surface area contributed by atoms with E-state index in [0.717, 1.165) is 0 Å². The maximum absolute atomic E-state index is 13.3. The van der Waals surface area contributed by atoms with Crippen LogP contribution in [0, 0.1) is 0 Å². The van der Waals surface area contributed by atoms with Gasteiger partial charge in [-0.2, -0.15) is 0 Å². The molecule has 21 N–H and O–H groups in total. The predicted octanol–water partition coefficient (Wildman–Crippen LogP) is -8.75. The second-order valence-electron chi connectivity index (χ2n) is 25.9. The van der Waals surface area contributed by atoms with Crippen molar-refractivity contribution in [2.24, 2.45) is 45.9 Å². The molecule has 41 nitrogen and oxygen atoms in total. The predicted molar refractivity (Wildman–Crippen MR) is 427 cm³/mol. The van der Waals surface area contributed by atoms with Crippen LogP contribution in [0.3, 0.4) is 0 Å². The van der Waals surface area contributed by atoms with E-state index in [4.69, 9.17) is 112 Å². The van der Waals surface area contributed by atoms with E-state index in [-0.39, 0.29) is 186 Å². The fraction of sp³-hybridized carbons (Fsp3) is 0.903. The molecule has 113 heavy (non-hydrogen) atoms. The Morgan fingerprint density at radius 3 is 0.549 bits per heavy atom. The molecule has 0 fully saturated rings. The van der Waals surface area contributed by atoms with Gasteiger partial charge in [-0.15, -0.1) is 0 Å². The highest BCUT2D eigenvalue weighted by Gasteiger charge is 2.19. The lowest BCUT2D eigenvalue weighted by molar-refractivity contribution is -0.139. The van der Waals surface area contributed by atoms with Crippen molar-refractivity contribution < 1.29 is 105 Å². The summed E-state index contributed by atoms with van der Waals surface area (Å²) >= 11 is 0. The molecule has 0 unspecified atom stereocenters. The Labute approximate surface area is 671 Å². The summed E-state index contributed by atoms with van der Waals surface area (Å²) in [6.07, 6.45) is 1.65. The number of nitrogens with zero attached hydrogens (tertiary/aromatic N) is 7. The summed E-state index contributed by atoms with van der Waals surface area (Å²) < 4.78 is 79.5. The van der Waals surface area contributed by atoms with Gasteiger partial charge in [-0.3, -0.25) is 67.9 Å². The van der Waals surface area contributed by atoms with Crippen molar-refractivity contribution in [2.75, 3.05) is 401 Å². The molecule has 0 spiro atoms. The molecule has 666 valence electrons. The fourth-order valence-corrected chi connectivity index (χ4v) is 10.4. The number of Topliss-reactive ketones (excluding diaryl/α,β-unsaturated/α-hetero) is 2. The Morgan fingerprint density at radius 2 is 0.372 bits per heavy atom. The van der Waals surface area contributed by atoms with Crippen LogP contribution in [-0.4, -0.2) is 482 Å². The van der Waals surface area contributed by atoms with E-state index in [2.05, 4.69) is 21.3 Å². The summed E-state index contributed by atoms with van der Waals surface area (Å²) in [7, 11) is 0. The van der Waals surface area contributed by atoms with Crippen LogP contribution in [0.15, 0.2) is 0 Å². The van der Waals surface area contributed by atoms with Gasteiger partial charge in [-0.05, 0) is 12.8 Å². The average Bonchev–Trinajstić information content (AvgIpc) is 0.981. The first-order valence-electron chi connectivity index (χ1n) is 40.2. The van der Waals surface area contributed by atoms with Gasteiger partial charge >= 0.3 is 5.97 Å². The zero-order chi connectivity index (χ0) is 82.8. The highest BCUT2D eigenvalue weighted by atomic mass is 16.5. The molecular formula is C72H151N19O22. The molecule has 0 saturated heterocycles. The van der Waals surface area contributed by atoms with Gasteiger partial charge < -0.3 is 139 Å². The Balaban J connectivity index is 5.46. The number of carboxylic acid groups (broad SMARTS) is 1. The van der Waals surface area contributed by atoms with Gasteiger partial charge in [0, 0.05) is 196 Å². The number of rotatable bonds is 92. The molecule has 0 atom stereocenters. The Kier molecular flexibility index (Phi) is 80.7. The summed E-state index contributed by atoms with van der Waals surface area (Å²) in [5.41, 5.74) is 44.4. The average molecular weight is 1640 g/mol. The molecule has 0 bridgehead atoms. The second-order valence-corrected chi connectivity index (χ2v) is 25.9. The lowest BCUT2D eigenvalue weighted by Gasteiger charge is -2.23. The van der Waals surface area contributed by atoms with E-state index in [0.29, 0.717) is 276 Å². The van der Waals surface area contributed by atoms with E-state index in [9.17, 15) is 38.7 Å². The number of nitrogens with one attached hydrogen (secondary N) is 4. The quantitative estimate of drug-likeness (QED) is 0.0252. The summed E-state index contributed by atoms with van der Waals surface area (Å²) in [6, 6.07) is 0. The van der Waals surface area contributed by atoms with Crippen molar-refractivity contribution in [1.82, 2.24) is 55.6 Å². The number of nitrogens with two attached hydrogens (primary N) is 8. The maximum Gasteiger partial charge on any atom is 0.317 e. The molecule has 0 saturated carbocycles. The first-order valence-corrected chi connectivity index (χ1v) is 40.2. The highest BCUT2D eigenvalue weighted by Crippen LogP contribution is 2.03. The van der Waals surface area contributed by atoms with Crippen molar-refractivity contribution in [3.8, 4) is 0 Å². The molecule has 0 heterocycles. The lowest BCUT2D eigenvalue weighted by atomic mass is 10.2. The largest absolute Gasteiger partial charge is 0.480 e. The van der Waals surface area contributed by atoms with Gasteiger partial charge in [0.2, 0.25) is 23.6 Å². The third kappa shape index (κ3) is 76.0. The van der Waals surface area contributed by atoms with Crippen molar-refractivity contribution in [3.05, 3.63) is 0 Å². The SMILES string of the molecule is NCCOCCN(CCOCCN)CC(=O)CCCOCCN(CCOCCNC(=O)CN(CCOCCN)CCOCCN)CC(=O)NCCOCCN(CCOCCNC(=O)CN(CCOCCCC(=O)CN(CCOCCN)CCOCCN)CCOCCNC(=O)CN(CCOCCN)CCOCCN)CC(=O)O. The first kappa shape index (κ1) is 109. The molecule has 0 radical (unpaired) electrons. The Morgan fingerprint density at radius 1 is 0.212 bits per heavy atom. The van der Waals surface area contributed by atoms with Crippen LogP contribution in [0.4, 0.5) is 0 Å².